The first-order chi connectivity index (χ1) is 8.69. The van der Waals surface area contributed by atoms with Crippen LogP contribution in [-0.4, -0.2) is 32.2 Å². The van der Waals surface area contributed by atoms with Crippen LogP contribution in [0.25, 0.3) is 0 Å². The van der Waals surface area contributed by atoms with Gasteiger partial charge in [-0.25, -0.2) is 4.68 Å². The van der Waals surface area contributed by atoms with E-state index in [4.69, 9.17) is 0 Å². The van der Waals surface area contributed by atoms with E-state index in [1.807, 2.05) is 4.68 Å². The second kappa shape index (κ2) is 6.40. The lowest BCUT2D eigenvalue weighted by atomic mass is 10.4. The summed E-state index contributed by atoms with van der Waals surface area (Å²) in [5, 5.41) is 11.8. The summed E-state index contributed by atoms with van der Waals surface area (Å²) in [6, 6.07) is 4.22. The van der Waals surface area contributed by atoms with Crippen molar-refractivity contribution >= 4 is 27.3 Å². The lowest BCUT2D eigenvalue weighted by molar-refractivity contribution is 0.304. The zero-order chi connectivity index (χ0) is 13.0. The number of thiophene rings is 1. The van der Waals surface area contributed by atoms with E-state index in [0.29, 0.717) is 0 Å². The van der Waals surface area contributed by atoms with Gasteiger partial charge < -0.3 is 0 Å². The number of halogens is 1. The lowest BCUT2D eigenvalue weighted by Gasteiger charge is -2.14. The van der Waals surface area contributed by atoms with Gasteiger partial charge in [-0.05, 0) is 52.0 Å². The molecule has 0 aromatic carbocycles. The molecule has 2 aromatic heterocycles. The van der Waals surface area contributed by atoms with Gasteiger partial charge in [-0.1, -0.05) is 6.92 Å². The predicted octanol–water partition coefficient (Wildman–Crippen LogP) is 2.54. The molecule has 0 radical (unpaired) electrons. The van der Waals surface area contributed by atoms with E-state index in [2.05, 4.69) is 62.5 Å². The molecule has 2 rings (SSSR count). The summed E-state index contributed by atoms with van der Waals surface area (Å²) in [5.74, 6) is 0.926. The van der Waals surface area contributed by atoms with Crippen LogP contribution in [0.3, 0.4) is 0 Å². The molecule has 0 bridgehead atoms. The number of aryl methyl sites for hydroxylation is 1. The Morgan fingerprint density at radius 2 is 2.22 bits per heavy atom. The SMILES string of the molecule is CCCn1nnnc1CN(C)Cc1ccc(Br)s1. The van der Waals surface area contributed by atoms with E-state index < -0.39 is 0 Å². The van der Waals surface area contributed by atoms with Crippen molar-refractivity contribution in [3.8, 4) is 0 Å². The fraction of sp³-hybridized carbons (Fsp3) is 0.545. The molecule has 0 fully saturated rings. The highest BCUT2D eigenvalue weighted by Crippen LogP contribution is 2.23. The van der Waals surface area contributed by atoms with Gasteiger partial charge in [-0.15, -0.1) is 16.4 Å². The van der Waals surface area contributed by atoms with E-state index in [1.54, 1.807) is 11.3 Å². The maximum atomic E-state index is 4.08. The minimum atomic E-state index is 0.766. The molecule has 18 heavy (non-hydrogen) atoms. The van der Waals surface area contributed by atoms with Crippen LogP contribution >= 0.6 is 27.3 Å². The van der Waals surface area contributed by atoms with Crippen molar-refractivity contribution in [3.63, 3.8) is 0 Å². The number of rotatable bonds is 6. The van der Waals surface area contributed by atoms with Crippen LogP contribution in [0.5, 0.6) is 0 Å². The van der Waals surface area contributed by atoms with Gasteiger partial charge in [0.05, 0.1) is 10.3 Å². The summed E-state index contributed by atoms with van der Waals surface area (Å²) < 4.78 is 3.04. The van der Waals surface area contributed by atoms with Crippen LogP contribution in [0.1, 0.15) is 24.0 Å². The molecular formula is C11H16BrN5S. The number of tetrazole rings is 1. The second-order valence-electron chi connectivity index (χ2n) is 4.20. The van der Waals surface area contributed by atoms with E-state index in [0.717, 1.165) is 31.9 Å². The van der Waals surface area contributed by atoms with Crippen LogP contribution in [0.15, 0.2) is 15.9 Å². The first kappa shape index (κ1) is 13.6. The Labute approximate surface area is 119 Å². The van der Waals surface area contributed by atoms with Gasteiger partial charge in [-0.3, -0.25) is 4.90 Å². The van der Waals surface area contributed by atoms with Crippen LogP contribution in [-0.2, 0) is 19.6 Å². The molecule has 0 aliphatic heterocycles. The van der Waals surface area contributed by atoms with Crippen molar-refractivity contribution in [3.05, 3.63) is 26.6 Å². The van der Waals surface area contributed by atoms with Crippen molar-refractivity contribution in [1.29, 1.82) is 0 Å². The van der Waals surface area contributed by atoms with E-state index in [1.165, 1.54) is 8.66 Å². The molecule has 0 atom stereocenters. The average Bonchev–Trinajstić information content (AvgIpc) is 2.90. The quantitative estimate of drug-likeness (QED) is 0.817. The molecule has 0 aliphatic carbocycles. The zero-order valence-electron chi connectivity index (χ0n) is 10.5. The van der Waals surface area contributed by atoms with Gasteiger partial charge >= 0.3 is 0 Å². The van der Waals surface area contributed by atoms with Crippen molar-refractivity contribution < 1.29 is 0 Å². The van der Waals surface area contributed by atoms with Crippen molar-refractivity contribution in [1.82, 2.24) is 25.1 Å². The third-order valence-electron chi connectivity index (χ3n) is 2.51. The van der Waals surface area contributed by atoms with Crippen LogP contribution in [0.2, 0.25) is 0 Å². The zero-order valence-corrected chi connectivity index (χ0v) is 12.9. The molecule has 0 spiro atoms. The third kappa shape index (κ3) is 3.60. The fourth-order valence-corrected chi connectivity index (χ4v) is 3.29. The molecule has 2 aromatic rings. The van der Waals surface area contributed by atoms with Gasteiger partial charge in [0.25, 0.3) is 0 Å². The molecule has 0 aliphatic rings. The Kier molecular flexibility index (Phi) is 4.85. The molecule has 0 saturated heterocycles. The molecule has 7 heteroatoms. The first-order valence-corrected chi connectivity index (χ1v) is 7.47. The third-order valence-corrected chi connectivity index (χ3v) is 4.12. The first-order valence-electron chi connectivity index (χ1n) is 5.87. The Morgan fingerprint density at radius 3 is 2.89 bits per heavy atom. The molecule has 0 unspecified atom stereocenters. The Morgan fingerprint density at radius 1 is 1.39 bits per heavy atom. The molecule has 0 amide bonds. The van der Waals surface area contributed by atoms with Gasteiger partial charge in [-0.2, -0.15) is 0 Å². The fourth-order valence-electron chi connectivity index (χ4n) is 1.72. The average molecular weight is 330 g/mol. The maximum Gasteiger partial charge on any atom is 0.165 e. The highest BCUT2D eigenvalue weighted by molar-refractivity contribution is 9.11. The molecule has 2 heterocycles. The molecule has 0 N–H and O–H groups in total. The summed E-state index contributed by atoms with van der Waals surface area (Å²) in [6.45, 7) is 4.68. The van der Waals surface area contributed by atoms with Gasteiger partial charge in [0.15, 0.2) is 5.82 Å². The molecule has 5 nitrogen and oxygen atoms in total. The molecule has 0 saturated carbocycles. The van der Waals surface area contributed by atoms with Gasteiger partial charge in [0, 0.05) is 18.0 Å². The lowest BCUT2D eigenvalue weighted by Crippen LogP contribution is -2.20. The number of aromatic nitrogens is 4. The monoisotopic (exact) mass is 329 g/mol. The van der Waals surface area contributed by atoms with Crippen LogP contribution in [0, 0.1) is 0 Å². The highest BCUT2D eigenvalue weighted by atomic mass is 79.9. The topological polar surface area (TPSA) is 46.8 Å². The summed E-state index contributed by atoms with van der Waals surface area (Å²) in [7, 11) is 2.08. The molecule has 98 valence electrons. The minimum absolute atomic E-state index is 0.766. The van der Waals surface area contributed by atoms with Crippen molar-refractivity contribution in [2.45, 2.75) is 33.0 Å². The van der Waals surface area contributed by atoms with Crippen molar-refractivity contribution in [2.24, 2.45) is 0 Å². The summed E-state index contributed by atoms with van der Waals surface area (Å²) >= 11 is 5.24. The number of hydrogen-bond acceptors (Lipinski definition) is 5. The van der Waals surface area contributed by atoms with Gasteiger partial charge in [0.2, 0.25) is 0 Å². The van der Waals surface area contributed by atoms with E-state index in [9.17, 15) is 0 Å². The minimum Gasteiger partial charge on any atom is -0.294 e. The highest BCUT2D eigenvalue weighted by Gasteiger charge is 2.09. The number of hydrogen-bond donors (Lipinski definition) is 0. The van der Waals surface area contributed by atoms with E-state index in [-0.39, 0.29) is 0 Å². The Balaban J connectivity index is 1.94. The molecular weight excluding hydrogens is 314 g/mol. The summed E-state index contributed by atoms with van der Waals surface area (Å²) in [5.41, 5.74) is 0. The standard InChI is InChI=1S/C11H16BrN5S/c1-3-6-17-11(13-14-15-17)8-16(2)7-9-4-5-10(12)18-9/h4-5H,3,6-8H2,1-2H3. The summed E-state index contributed by atoms with van der Waals surface area (Å²) in [6.07, 6.45) is 1.04. The predicted molar refractivity (Wildman–Crippen MR) is 75.3 cm³/mol. The smallest absolute Gasteiger partial charge is 0.165 e. The second-order valence-corrected chi connectivity index (χ2v) is 6.74. The van der Waals surface area contributed by atoms with Crippen LogP contribution in [0.4, 0.5) is 0 Å². The van der Waals surface area contributed by atoms with Gasteiger partial charge in [0.1, 0.15) is 0 Å². The number of nitrogens with zero attached hydrogens (tertiary/aromatic N) is 5. The largest absolute Gasteiger partial charge is 0.294 e. The Hall–Kier alpha value is -0.790. The maximum absolute atomic E-state index is 4.08. The normalized spacial score (nSPS) is 11.3. The van der Waals surface area contributed by atoms with E-state index >= 15 is 0 Å². The van der Waals surface area contributed by atoms with Crippen molar-refractivity contribution in [2.75, 3.05) is 7.05 Å². The summed E-state index contributed by atoms with van der Waals surface area (Å²) in [4.78, 5) is 3.55. The van der Waals surface area contributed by atoms with Crippen LogP contribution < -0.4 is 0 Å². The Bertz CT molecular complexity index is 495.